The molecule has 0 bridgehead atoms. The highest BCUT2D eigenvalue weighted by Crippen LogP contribution is 2.19. The highest BCUT2D eigenvalue weighted by atomic mass is 16.4. The third-order valence-electron chi connectivity index (χ3n) is 2.90. The second-order valence-corrected chi connectivity index (χ2v) is 4.30. The molecular weight excluding hydrogens is 222 g/mol. The molecule has 1 unspecified atom stereocenters. The molecule has 1 rings (SSSR count). The Morgan fingerprint density at radius 2 is 2.24 bits per heavy atom. The van der Waals surface area contributed by atoms with Crippen molar-refractivity contribution in [2.75, 3.05) is 6.54 Å². The van der Waals surface area contributed by atoms with E-state index in [0.717, 1.165) is 0 Å². The molecule has 94 valence electrons. The number of nitrogens with one attached hydrogen (secondary N) is 1. The number of aliphatic carboxylic acids is 1. The summed E-state index contributed by atoms with van der Waals surface area (Å²) in [5, 5.41) is 15.5. The fourth-order valence-corrected chi connectivity index (χ4v) is 1.27. The number of carboxylic acids is 1. The maximum Gasteiger partial charge on any atom is 0.311 e. The van der Waals surface area contributed by atoms with Crippen LogP contribution < -0.4 is 5.32 Å². The van der Waals surface area contributed by atoms with Gasteiger partial charge in [-0.1, -0.05) is 6.92 Å². The van der Waals surface area contributed by atoms with Crippen molar-refractivity contribution in [3.8, 4) is 0 Å². The predicted molar refractivity (Wildman–Crippen MR) is 61.6 cm³/mol. The second-order valence-electron chi connectivity index (χ2n) is 4.30. The SMILES string of the molecule is CCC(C)(CNC(=O)c1cnn(C)c1)C(=O)O. The van der Waals surface area contributed by atoms with Crippen LogP contribution in [0.2, 0.25) is 0 Å². The molecule has 0 saturated carbocycles. The largest absolute Gasteiger partial charge is 0.481 e. The molecule has 1 aromatic heterocycles. The van der Waals surface area contributed by atoms with Crippen LogP contribution in [0.3, 0.4) is 0 Å². The highest BCUT2D eigenvalue weighted by molar-refractivity contribution is 5.94. The van der Waals surface area contributed by atoms with E-state index in [1.54, 1.807) is 27.1 Å². The van der Waals surface area contributed by atoms with Crippen molar-refractivity contribution in [3.05, 3.63) is 18.0 Å². The molecule has 2 N–H and O–H groups in total. The van der Waals surface area contributed by atoms with Gasteiger partial charge in [-0.2, -0.15) is 5.10 Å². The first-order valence-corrected chi connectivity index (χ1v) is 5.39. The number of carbonyl (C=O) groups excluding carboxylic acids is 1. The van der Waals surface area contributed by atoms with Gasteiger partial charge < -0.3 is 10.4 Å². The summed E-state index contributed by atoms with van der Waals surface area (Å²) in [4.78, 5) is 22.7. The van der Waals surface area contributed by atoms with Crippen LogP contribution >= 0.6 is 0 Å². The van der Waals surface area contributed by atoms with E-state index < -0.39 is 11.4 Å². The molecule has 0 aromatic carbocycles. The van der Waals surface area contributed by atoms with E-state index in [9.17, 15) is 9.59 Å². The van der Waals surface area contributed by atoms with Crippen molar-refractivity contribution in [1.29, 1.82) is 0 Å². The molecule has 0 saturated heterocycles. The van der Waals surface area contributed by atoms with E-state index in [1.807, 2.05) is 0 Å². The molecule has 1 amide bonds. The van der Waals surface area contributed by atoms with Gasteiger partial charge in [0.2, 0.25) is 0 Å². The summed E-state index contributed by atoms with van der Waals surface area (Å²) >= 11 is 0. The summed E-state index contributed by atoms with van der Waals surface area (Å²) in [6.07, 6.45) is 3.48. The number of aromatic nitrogens is 2. The van der Waals surface area contributed by atoms with Crippen LogP contribution in [-0.4, -0.2) is 33.3 Å². The Hall–Kier alpha value is -1.85. The van der Waals surface area contributed by atoms with Gasteiger partial charge in [0.1, 0.15) is 0 Å². The molecule has 0 spiro atoms. The van der Waals surface area contributed by atoms with Crippen molar-refractivity contribution < 1.29 is 14.7 Å². The summed E-state index contributed by atoms with van der Waals surface area (Å²) in [5.41, 5.74) is -0.506. The zero-order valence-corrected chi connectivity index (χ0v) is 10.2. The molecule has 0 aliphatic carbocycles. The summed E-state index contributed by atoms with van der Waals surface area (Å²) in [5.74, 6) is -1.22. The number of rotatable bonds is 5. The Kier molecular flexibility index (Phi) is 3.88. The fraction of sp³-hybridized carbons (Fsp3) is 0.545. The maximum atomic E-state index is 11.7. The summed E-state index contributed by atoms with van der Waals surface area (Å²) in [6, 6.07) is 0. The lowest BCUT2D eigenvalue weighted by atomic mass is 9.87. The van der Waals surface area contributed by atoms with Crippen molar-refractivity contribution in [3.63, 3.8) is 0 Å². The normalized spacial score (nSPS) is 14.1. The van der Waals surface area contributed by atoms with Crippen molar-refractivity contribution >= 4 is 11.9 Å². The number of carboxylic acid groups (broad SMARTS) is 1. The molecule has 0 radical (unpaired) electrons. The molecule has 1 atom stereocenters. The molecule has 6 nitrogen and oxygen atoms in total. The van der Waals surface area contributed by atoms with Gasteiger partial charge in [0.15, 0.2) is 0 Å². The van der Waals surface area contributed by atoms with Gasteiger partial charge in [0.05, 0.1) is 17.2 Å². The number of hydrogen-bond donors (Lipinski definition) is 2. The molecule has 0 aliphatic rings. The van der Waals surface area contributed by atoms with Gasteiger partial charge in [-0.3, -0.25) is 14.3 Å². The third kappa shape index (κ3) is 3.05. The zero-order chi connectivity index (χ0) is 13.1. The Morgan fingerprint density at radius 1 is 1.59 bits per heavy atom. The first-order valence-electron chi connectivity index (χ1n) is 5.39. The number of nitrogens with zero attached hydrogens (tertiary/aromatic N) is 2. The zero-order valence-electron chi connectivity index (χ0n) is 10.2. The topological polar surface area (TPSA) is 84.2 Å². The van der Waals surface area contributed by atoms with E-state index in [4.69, 9.17) is 5.11 Å². The van der Waals surface area contributed by atoms with Crippen LogP contribution in [-0.2, 0) is 11.8 Å². The van der Waals surface area contributed by atoms with Gasteiger partial charge >= 0.3 is 5.97 Å². The number of carbonyl (C=O) groups is 2. The predicted octanol–water partition coefficient (Wildman–Crippen LogP) is 0.651. The van der Waals surface area contributed by atoms with E-state index >= 15 is 0 Å². The lowest BCUT2D eigenvalue weighted by Crippen LogP contribution is -2.40. The summed E-state index contributed by atoms with van der Waals surface area (Å²) < 4.78 is 1.52. The van der Waals surface area contributed by atoms with Gasteiger partial charge in [-0.15, -0.1) is 0 Å². The lowest BCUT2D eigenvalue weighted by molar-refractivity contribution is -0.147. The van der Waals surface area contributed by atoms with E-state index in [0.29, 0.717) is 12.0 Å². The molecule has 6 heteroatoms. The third-order valence-corrected chi connectivity index (χ3v) is 2.90. The Balaban J connectivity index is 2.62. The number of hydrogen-bond acceptors (Lipinski definition) is 3. The Bertz CT molecular complexity index is 427. The van der Waals surface area contributed by atoms with Crippen LogP contribution in [0.5, 0.6) is 0 Å². The standard InChI is InChI=1S/C11H17N3O3/c1-4-11(2,10(16)17)7-12-9(15)8-5-13-14(3)6-8/h5-6H,4,7H2,1-3H3,(H,12,15)(H,16,17). The highest BCUT2D eigenvalue weighted by Gasteiger charge is 2.31. The maximum absolute atomic E-state index is 11.7. The second kappa shape index (κ2) is 4.99. The average Bonchev–Trinajstić information content (AvgIpc) is 2.72. The molecule has 1 heterocycles. The van der Waals surface area contributed by atoms with Gasteiger partial charge in [-0.05, 0) is 13.3 Å². The monoisotopic (exact) mass is 239 g/mol. The van der Waals surface area contributed by atoms with Crippen LogP contribution in [0.25, 0.3) is 0 Å². The van der Waals surface area contributed by atoms with Crippen molar-refractivity contribution in [2.45, 2.75) is 20.3 Å². The summed E-state index contributed by atoms with van der Waals surface area (Å²) in [7, 11) is 1.71. The van der Waals surface area contributed by atoms with Gasteiger partial charge in [0, 0.05) is 19.8 Å². The Labute approximate surface area is 99.6 Å². The number of amides is 1. The average molecular weight is 239 g/mol. The lowest BCUT2D eigenvalue weighted by Gasteiger charge is -2.22. The van der Waals surface area contributed by atoms with Crippen molar-refractivity contribution in [2.24, 2.45) is 12.5 Å². The number of aryl methyl sites for hydroxylation is 1. The first-order chi connectivity index (χ1) is 7.89. The van der Waals surface area contributed by atoms with E-state index in [2.05, 4.69) is 10.4 Å². The fourth-order valence-electron chi connectivity index (χ4n) is 1.27. The van der Waals surface area contributed by atoms with Crippen molar-refractivity contribution in [1.82, 2.24) is 15.1 Å². The minimum atomic E-state index is -0.933. The molecule has 0 fully saturated rings. The van der Waals surface area contributed by atoms with Crippen LogP contribution in [0.15, 0.2) is 12.4 Å². The minimum absolute atomic E-state index is 0.104. The first kappa shape index (κ1) is 13.2. The van der Waals surface area contributed by atoms with Gasteiger partial charge in [0.25, 0.3) is 5.91 Å². The molecule has 1 aromatic rings. The van der Waals surface area contributed by atoms with E-state index in [-0.39, 0.29) is 12.5 Å². The summed E-state index contributed by atoms with van der Waals surface area (Å²) in [6.45, 7) is 3.50. The van der Waals surface area contributed by atoms with E-state index in [1.165, 1.54) is 10.9 Å². The molecular formula is C11H17N3O3. The quantitative estimate of drug-likeness (QED) is 0.790. The van der Waals surface area contributed by atoms with Crippen LogP contribution in [0.4, 0.5) is 0 Å². The van der Waals surface area contributed by atoms with Crippen LogP contribution in [0.1, 0.15) is 30.6 Å². The van der Waals surface area contributed by atoms with Crippen LogP contribution in [0, 0.1) is 5.41 Å². The molecule has 0 aliphatic heterocycles. The molecule has 17 heavy (non-hydrogen) atoms. The minimum Gasteiger partial charge on any atom is -0.481 e. The Morgan fingerprint density at radius 3 is 2.65 bits per heavy atom. The smallest absolute Gasteiger partial charge is 0.311 e. The van der Waals surface area contributed by atoms with Gasteiger partial charge in [-0.25, -0.2) is 0 Å².